The number of hydrogen-bond acceptors (Lipinski definition) is 3. The first kappa shape index (κ1) is 10.8. The number of ketones is 1. The maximum absolute atomic E-state index is 11.1. The van der Waals surface area contributed by atoms with E-state index in [1.165, 1.54) is 0 Å². The van der Waals surface area contributed by atoms with Crippen LogP contribution in [0.15, 0.2) is 28.7 Å². The molecule has 0 aliphatic carbocycles. The van der Waals surface area contributed by atoms with Crippen LogP contribution in [-0.2, 0) is 11.2 Å². The predicted molar refractivity (Wildman–Crippen MR) is 54.7 cm³/mol. The van der Waals surface area contributed by atoms with Crippen molar-refractivity contribution >= 4 is 21.7 Å². The summed E-state index contributed by atoms with van der Waals surface area (Å²) in [6, 6.07) is 7.17. The summed E-state index contributed by atoms with van der Waals surface area (Å²) in [6.45, 7) is -0.605. The number of benzene rings is 1. The summed E-state index contributed by atoms with van der Waals surface area (Å²) in [4.78, 5) is 20.5. The third-order valence-corrected chi connectivity index (χ3v) is 2.09. The van der Waals surface area contributed by atoms with Gasteiger partial charge in [0.05, 0.1) is 0 Å². The van der Waals surface area contributed by atoms with Gasteiger partial charge in [-0.05, 0) is 17.7 Å². The van der Waals surface area contributed by atoms with Crippen molar-refractivity contribution in [3.63, 3.8) is 0 Å². The van der Waals surface area contributed by atoms with E-state index in [0.29, 0.717) is 0 Å². The Morgan fingerprint density at radius 2 is 2.21 bits per heavy atom. The van der Waals surface area contributed by atoms with Gasteiger partial charge in [-0.1, -0.05) is 28.1 Å². The van der Waals surface area contributed by atoms with Crippen molar-refractivity contribution in [2.45, 2.75) is 6.42 Å². The summed E-state index contributed by atoms with van der Waals surface area (Å²) in [5.74, 6) is -0.381. The van der Waals surface area contributed by atoms with Crippen molar-refractivity contribution in [2.75, 3.05) is 6.54 Å². The average Bonchev–Trinajstić information content (AvgIpc) is 2.01. The zero-order chi connectivity index (χ0) is 10.6. The van der Waals surface area contributed by atoms with Crippen LogP contribution in [0.2, 0.25) is 0 Å². The zero-order valence-corrected chi connectivity index (χ0v) is 8.86. The minimum Gasteiger partial charge on any atom is -0.292 e. The second-order valence-electron chi connectivity index (χ2n) is 2.84. The number of carbonyl (C=O) groups is 1. The normalized spacial score (nSPS) is 9.79. The number of halogens is 1. The van der Waals surface area contributed by atoms with E-state index in [2.05, 4.69) is 15.9 Å². The highest BCUT2D eigenvalue weighted by Gasteiger charge is 2.10. The molecule has 14 heavy (non-hydrogen) atoms. The topological polar surface area (TPSA) is 60.2 Å². The molecular weight excluding hydrogens is 250 g/mol. The number of rotatable bonds is 4. The molecule has 0 aromatic heterocycles. The van der Waals surface area contributed by atoms with Crippen LogP contribution in [-0.4, -0.2) is 17.3 Å². The first-order chi connectivity index (χ1) is 6.58. The van der Waals surface area contributed by atoms with Crippen molar-refractivity contribution in [1.29, 1.82) is 0 Å². The van der Waals surface area contributed by atoms with Crippen LogP contribution in [0, 0.1) is 10.1 Å². The molecule has 0 aliphatic rings. The summed E-state index contributed by atoms with van der Waals surface area (Å²) in [7, 11) is 0. The van der Waals surface area contributed by atoms with Crippen molar-refractivity contribution in [3.8, 4) is 0 Å². The lowest BCUT2D eigenvalue weighted by Crippen LogP contribution is -2.15. The highest BCUT2D eigenvalue weighted by atomic mass is 79.9. The summed E-state index contributed by atoms with van der Waals surface area (Å²) in [6.07, 6.45) is 0.112. The van der Waals surface area contributed by atoms with Crippen molar-refractivity contribution in [2.24, 2.45) is 0 Å². The van der Waals surface area contributed by atoms with Crippen LogP contribution in [0.4, 0.5) is 0 Å². The molecule has 0 fully saturated rings. The van der Waals surface area contributed by atoms with E-state index in [1.807, 2.05) is 6.07 Å². The van der Waals surface area contributed by atoms with Gasteiger partial charge in [-0.25, -0.2) is 0 Å². The molecule has 0 unspecified atom stereocenters. The standard InChI is InChI=1S/C9H8BrNO3/c10-8-3-1-2-7(4-8)5-9(12)6-11(13)14/h1-4H,5-6H2. The van der Waals surface area contributed by atoms with Gasteiger partial charge < -0.3 is 0 Å². The second kappa shape index (κ2) is 4.85. The molecule has 1 aromatic carbocycles. The van der Waals surface area contributed by atoms with Crippen LogP contribution in [0.5, 0.6) is 0 Å². The molecule has 0 atom stereocenters. The van der Waals surface area contributed by atoms with Crippen molar-refractivity contribution in [1.82, 2.24) is 0 Å². The van der Waals surface area contributed by atoms with Crippen LogP contribution in [0.3, 0.4) is 0 Å². The lowest BCUT2D eigenvalue weighted by molar-refractivity contribution is -0.467. The molecule has 0 amide bonds. The number of nitrogens with zero attached hydrogens (tertiary/aromatic N) is 1. The van der Waals surface area contributed by atoms with Crippen LogP contribution in [0.1, 0.15) is 5.56 Å². The minimum atomic E-state index is -0.611. The van der Waals surface area contributed by atoms with Gasteiger partial charge in [0.25, 0.3) is 6.54 Å². The highest BCUT2D eigenvalue weighted by Crippen LogP contribution is 2.12. The number of hydrogen-bond donors (Lipinski definition) is 0. The molecule has 5 heteroatoms. The van der Waals surface area contributed by atoms with E-state index in [1.54, 1.807) is 18.2 Å². The molecular formula is C9H8BrNO3. The van der Waals surface area contributed by atoms with Gasteiger partial charge in [-0.15, -0.1) is 0 Å². The Morgan fingerprint density at radius 3 is 2.79 bits per heavy atom. The van der Waals surface area contributed by atoms with E-state index in [4.69, 9.17) is 0 Å². The minimum absolute atomic E-state index is 0.112. The zero-order valence-electron chi connectivity index (χ0n) is 7.27. The number of Topliss-reactive ketones (excluding diaryl/α,β-unsaturated/α-hetero) is 1. The summed E-state index contributed by atoms with van der Waals surface area (Å²) in [5.41, 5.74) is 0.784. The smallest absolute Gasteiger partial charge is 0.261 e. The molecule has 1 rings (SSSR count). The van der Waals surface area contributed by atoms with Gasteiger partial charge in [0.1, 0.15) is 0 Å². The van der Waals surface area contributed by atoms with Crippen LogP contribution < -0.4 is 0 Å². The van der Waals surface area contributed by atoms with Crippen molar-refractivity contribution < 1.29 is 9.72 Å². The number of carbonyl (C=O) groups excluding carboxylic acids is 1. The molecule has 0 bridgehead atoms. The fraction of sp³-hybridized carbons (Fsp3) is 0.222. The largest absolute Gasteiger partial charge is 0.292 e. The average molecular weight is 258 g/mol. The molecule has 0 heterocycles. The quantitative estimate of drug-likeness (QED) is 0.611. The lowest BCUT2D eigenvalue weighted by Gasteiger charge is -1.98. The third-order valence-electron chi connectivity index (χ3n) is 1.60. The first-order valence-corrected chi connectivity index (χ1v) is 4.75. The van der Waals surface area contributed by atoms with Crippen LogP contribution in [0.25, 0.3) is 0 Å². The van der Waals surface area contributed by atoms with E-state index >= 15 is 0 Å². The molecule has 0 radical (unpaired) electrons. The molecule has 1 aromatic rings. The Kier molecular flexibility index (Phi) is 3.76. The highest BCUT2D eigenvalue weighted by molar-refractivity contribution is 9.10. The van der Waals surface area contributed by atoms with Gasteiger partial charge in [0.2, 0.25) is 5.78 Å². The SMILES string of the molecule is O=C(Cc1cccc(Br)c1)C[N+](=O)[O-]. The third kappa shape index (κ3) is 3.66. The molecule has 0 spiro atoms. The Bertz CT molecular complexity index is 365. The van der Waals surface area contributed by atoms with E-state index in [9.17, 15) is 14.9 Å². The van der Waals surface area contributed by atoms with Gasteiger partial charge >= 0.3 is 0 Å². The Balaban J connectivity index is 2.60. The van der Waals surface area contributed by atoms with E-state index in [-0.39, 0.29) is 12.2 Å². The van der Waals surface area contributed by atoms with E-state index in [0.717, 1.165) is 10.0 Å². The predicted octanol–water partition coefficient (Wildman–Crippen LogP) is 1.84. The van der Waals surface area contributed by atoms with Crippen LogP contribution >= 0.6 is 15.9 Å². The van der Waals surface area contributed by atoms with Gasteiger partial charge in [-0.2, -0.15) is 0 Å². The van der Waals surface area contributed by atoms with E-state index < -0.39 is 11.5 Å². The van der Waals surface area contributed by atoms with Crippen molar-refractivity contribution in [3.05, 3.63) is 44.4 Å². The lowest BCUT2D eigenvalue weighted by atomic mass is 10.1. The molecule has 0 saturated carbocycles. The first-order valence-electron chi connectivity index (χ1n) is 3.96. The summed E-state index contributed by atoms with van der Waals surface area (Å²) >= 11 is 3.26. The Hall–Kier alpha value is -1.23. The monoisotopic (exact) mass is 257 g/mol. The molecule has 74 valence electrons. The molecule has 0 saturated heterocycles. The molecule has 4 nitrogen and oxygen atoms in total. The van der Waals surface area contributed by atoms with Gasteiger partial charge in [0.15, 0.2) is 0 Å². The Labute approximate surface area is 89.2 Å². The summed E-state index contributed by atoms with van der Waals surface area (Å²) < 4.78 is 0.865. The molecule has 0 aliphatic heterocycles. The fourth-order valence-corrected chi connectivity index (χ4v) is 1.52. The second-order valence-corrected chi connectivity index (χ2v) is 3.75. The maximum Gasteiger partial charge on any atom is 0.261 e. The van der Waals surface area contributed by atoms with Gasteiger partial charge in [-0.3, -0.25) is 14.9 Å². The van der Waals surface area contributed by atoms with Gasteiger partial charge in [0, 0.05) is 15.8 Å². The summed E-state index contributed by atoms with van der Waals surface area (Å²) in [5, 5.41) is 10.0. The maximum atomic E-state index is 11.1. The number of nitro groups is 1. The molecule has 0 N–H and O–H groups in total. The fourth-order valence-electron chi connectivity index (χ4n) is 1.07. The Morgan fingerprint density at radius 1 is 1.50 bits per heavy atom.